The van der Waals surface area contributed by atoms with Crippen molar-refractivity contribution < 1.29 is 9.53 Å². The molecule has 1 aliphatic rings. The fraction of sp³-hybridized carbons (Fsp3) is 0.480. The third kappa shape index (κ3) is 4.09. The number of hydrogen-bond donors (Lipinski definition) is 1. The quantitative estimate of drug-likeness (QED) is 0.645. The first-order valence-electron chi connectivity index (χ1n) is 10.5. The molecule has 3 nitrogen and oxygen atoms in total. The second-order valence-corrected chi connectivity index (χ2v) is 8.39. The Morgan fingerprint density at radius 1 is 1.07 bits per heavy atom. The highest BCUT2D eigenvalue weighted by Crippen LogP contribution is 2.42. The molecule has 28 heavy (non-hydrogen) atoms. The highest BCUT2D eigenvalue weighted by Gasteiger charge is 2.42. The van der Waals surface area contributed by atoms with Gasteiger partial charge in [0.25, 0.3) is 0 Å². The van der Waals surface area contributed by atoms with Crippen molar-refractivity contribution >= 4 is 11.6 Å². The summed E-state index contributed by atoms with van der Waals surface area (Å²) >= 11 is 0. The molecule has 1 atom stereocenters. The van der Waals surface area contributed by atoms with Crippen molar-refractivity contribution in [3.8, 4) is 5.75 Å². The van der Waals surface area contributed by atoms with Crippen LogP contribution in [0.1, 0.15) is 68.2 Å². The number of anilines is 1. The average Bonchev–Trinajstić information content (AvgIpc) is 3.16. The molecule has 2 aromatic carbocycles. The van der Waals surface area contributed by atoms with Gasteiger partial charge in [0.1, 0.15) is 5.75 Å². The van der Waals surface area contributed by atoms with Crippen LogP contribution in [0.2, 0.25) is 0 Å². The Balaban J connectivity index is 1.85. The van der Waals surface area contributed by atoms with Crippen molar-refractivity contribution in [2.45, 2.75) is 78.2 Å². The predicted octanol–water partition coefficient (Wildman–Crippen LogP) is 6.24. The zero-order valence-electron chi connectivity index (χ0n) is 17.9. The van der Waals surface area contributed by atoms with Crippen LogP contribution >= 0.6 is 0 Å². The number of ether oxygens (including phenoxy) is 1. The lowest BCUT2D eigenvalue weighted by Crippen LogP contribution is -2.38. The fourth-order valence-corrected chi connectivity index (χ4v) is 4.24. The molecule has 1 saturated carbocycles. The third-order valence-electron chi connectivity index (χ3n) is 6.11. The highest BCUT2D eigenvalue weighted by molar-refractivity contribution is 5.99. The molecule has 0 bridgehead atoms. The lowest BCUT2D eigenvalue weighted by Gasteiger charge is -2.29. The third-order valence-corrected chi connectivity index (χ3v) is 6.11. The first-order chi connectivity index (χ1) is 13.4. The first-order valence-corrected chi connectivity index (χ1v) is 10.5. The SMILES string of the molecule is CCC(C)Oc1c(C)cc(NC(=O)C2(c3ccc(C)cc3)CCCC2)cc1C. The van der Waals surface area contributed by atoms with Gasteiger partial charge in [0.05, 0.1) is 11.5 Å². The molecule has 3 heteroatoms. The largest absolute Gasteiger partial charge is 0.490 e. The van der Waals surface area contributed by atoms with Gasteiger partial charge in [-0.25, -0.2) is 0 Å². The molecule has 0 heterocycles. The molecule has 3 rings (SSSR count). The summed E-state index contributed by atoms with van der Waals surface area (Å²) in [4.78, 5) is 13.4. The molecule has 0 saturated heterocycles. The van der Waals surface area contributed by atoms with Gasteiger partial charge < -0.3 is 10.1 Å². The Morgan fingerprint density at radius 2 is 1.64 bits per heavy atom. The van der Waals surface area contributed by atoms with Gasteiger partial charge in [-0.15, -0.1) is 0 Å². The van der Waals surface area contributed by atoms with Crippen molar-refractivity contribution in [3.05, 3.63) is 58.7 Å². The van der Waals surface area contributed by atoms with E-state index < -0.39 is 5.41 Å². The average molecular weight is 380 g/mol. The van der Waals surface area contributed by atoms with E-state index >= 15 is 0 Å². The van der Waals surface area contributed by atoms with Gasteiger partial charge in [0, 0.05) is 5.69 Å². The van der Waals surface area contributed by atoms with E-state index in [-0.39, 0.29) is 12.0 Å². The smallest absolute Gasteiger partial charge is 0.235 e. The van der Waals surface area contributed by atoms with Crippen LogP contribution in [0.15, 0.2) is 36.4 Å². The summed E-state index contributed by atoms with van der Waals surface area (Å²) in [6.07, 6.45) is 5.17. The van der Waals surface area contributed by atoms with E-state index in [1.165, 1.54) is 5.56 Å². The van der Waals surface area contributed by atoms with Crippen molar-refractivity contribution in [3.63, 3.8) is 0 Å². The summed E-state index contributed by atoms with van der Waals surface area (Å²) < 4.78 is 6.07. The number of rotatable bonds is 6. The van der Waals surface area contributed by atoms with E-state index in [1.54, 1.807) is 0 Å². The van der Waals surface area contributed by atoms with Gasteiger partial charge in [0.2, 0.25) is 5.91 Å². The molecule has 1 N–H and O–H groups in total. The first kappa shape index (κ1) is 20.4. The number of carbonyl (C=O) groups excluding carboxylic acids is 1. The number of carbonyl (C=O) groups is 1. The number of benzene rings is 2. The van der Waals surface area contributed by atoms with Crippen LogP contribution < -0.4 is 10.1 Å². The Kier molecular flexibility index (Phi) is 6.12. The topological polar surface area (TPSA) is 38.3 Å². The second kappa shape index (κ2) is 8.38. The summed E-state index contributed by atoms with van der Waals surface area (Å²) in [5, 5.41) is 3.22. The van der Waals surface area contributed by atoms with Gasteiger partial charge in [-0.3, -0.25) is 4.79 Å². The highest BCUT2D eigenvalue weighted by atomic mass is 16.5. The Bertz CT molecular complexity index is 809. The minimum Gasteiger partial charge on any atom is -0.490 e. The molecule has 0 aromatic heterocycles. The minimum atomic E-state index is -0.415. The normalized spacial score (nSPS) is 16.6. The number of amides is 1. The molecular formula is C25H33NO2. The van der Waals surface area contributed by atoms with Crippen molar-refractivity contribution in [1.29, 1.82) is 0 Å². The molecular weight excluding hydrogens is 346 g/mol. The van der Waals surface area contributed by atoms with E-state index in [4.69, 9.17) is 4.74 Å². The van der Waals surface area contributed by atoms with E-state index in [0.29, 0.717) is 0 Å². The molecule has 0 radical (unpaired) electrons. The van der Waals surface area contributed by atoms with Crippen LogP contribution in [0, 0.1) is 20.8 Å². The van der Waals surface area contributed by atoms with Gasteiger partial charge >= 0.3 is 0 Å². The van der Waals surface area contributed by atoms with Crippen molar-refractivity contribution in [1.82, 2.24) is 0 Å². The molecule has 0 spiro atoms. The molecule has 150 valence electrons. The zero-order chi connectivity index (χ0) is 20.3. The van der Waals surface area contributed by atoms with E-state index in [1.807, 2.05) is 26.0 Å². The van der Waals surface area contributed by atoms with Crippen LogP contribution in [-0.2, 0) is 10.2 Å². The summed E-state index contributed by atoms with van der Waals surface area (Å²) in [5.41, 5.74) is 4.92. The molecule has 1 amide bonds. The number of nitrogens with one attached hydrogen (secondary N) is 1. The molecule has 1 aliphatic carbocycles. The van der Waals surface area contributed by atoms with Gasteiger partial charge in [-0.2, -0.15) is 0 Å². The van der Waals surface area contributed by atoms with Crippen LogP contribution in [0.3, 0.4) is 0 Å². The fourth-order valence-electron chi connectivity index (χ4n) is 4.24. The van der Waals surface area contributed by atoms with Crippen LogP contribution in [0.25, 0.3) is 0 Å². The van der Waals surface area contributed by atoms with Crippen molar-refractivity contribution in [2.75, 3.05) is 5.32 Å². The van der Waals surface area contributed by atoms with E-state index in [0.717, 1.165) is 60.2 Å². The zero-order valence-corrected chi connectivity index (χ0v) is 17.9. The second-order valence-electron chi connectivity index (χ2n) is 8.39. The van der Waals surface area contributed by atoms with E-state index in [2.05, 4.69) is 50.4 Å². The lowest BCUT2D eigenvalue weighted by atomic mass is 9.77. The van der Waals surface area contributed by atoms with Crippen molar-refractivity contribution in [2.24, 2.45) is 0 Å². The predicted molar refractivity (Wildman–Crippen MR) is 116 cm³/mol. The molecule has 1 fully saturated rings. The monoisotopic (exact) mass is 379 g/mol. The lowest BCUT2D eigenvalue weighted by molar-refractivity contribution is -0.121. The van der Waals surface area contributed by atoms with Crippen LogP contribution in [-0.4, -0.2) is 12.0 Å². The maximum absolute atomic E-state index is 13.4. The van der Waals surface area contributed by atoms with Crippen LogP contribution in [0.5, 0.6) is 5.75 Å². The van der Waals surface area contributed by atoms with Crippen LogP contribution in [0.4, 0.5) is 5.69 Å². The summed E-state index contributed by atoms with van der Waals surface area (Å²) in [6, 6.07) is 12.5. The standard InChI is InChI=1S/C25H33NO2/c1-6-20(5)28-23-18(3)15-22(16-19(23)4)26-24(27)25(13-7-8-14-25)21-11-9-17(2)10-12-21/h9-12,15-16,20H,6-8,13-14H2,1-5H3,(H,26,27). The summed E-state index contributed by atoms with van der Waals surface area (Å²) in [7, 11) is 0. The molecule has 1 unspecified atom stereocenters. The molecule has 2 aromatic rings. The minimum absolute atomic E-state index is 0.114. The molecule has 0 aliphatic heterocycles. The number of aryl methyl sites for hydroxylation is 3. The summed E-state index contributed by atoms with van der Waals surface area (Å²) in [6.45, 7) is 10.4. The summed E-state index contributed by atoms with van der Waals surface area (Å²) in [5.74, 6) is 1.05. The van der Waals surface area contributed by atoms with E-state index in [9.17, 15) is 4.79 Å². The Morgan fingerprint density at radius 3 is 2.18 bits per heavy atom. The van der Waals surface area contributed by atoms with Gasteiger partial charge in [-0.05, 0) is 75.8 Å². The maximum atomic E-state index is 13.4. The Hall–Kier alpha value is -2.29. The number of hydrogen-bond acceptors (Lipinski definition) is 2. The maximum Gasteiger partial charge on any atom is 0.235 e. The van der Waals surface area contributed by atoms with Gasteiger partial charge in [-0.1, -0.05) is 49.6 Å². The Labute approximate surface area is 169 Å². The van der Waals surface area contributed by atoms with Gasteiger partial charge in [0.15, 0.2) is 0 Å².